The van der Waals surface area contributed by atoms with Crippen LogP contribution < -0.4 is 5.32 Å². The first-order valence-corrected chi connectivity index (χ1v) is 3.98. The topological polar surface area (TPSA) is 35.8 Å². The second-order valence-corrected chi connectivity index (χ2v) is 3.51. The molecular weight excluding hydrogens is 124 g/mol. The average molecular weight is 136 g/mol. The highest BCUT2D eigenvalue weighted by Crippen LogP contribution is 2.53. The molecule has 1 aliphatic heterocycles. The molecule has 1 saturated heterocycles. The lowest BCUT2D eigenvalue weighted by Crippen LogP contribution is -2.37. The van der Waals surface area contributed by atoms with Crippen molar-refractivity contribution >= 4 is 0 Å². The Kier molecular flexibility index (Phi) is 1.21. The number of nitrogens with one attached hydrogen (secondary N) is 1. The molecule has 2 nitrogen and oxygen atoms in total. The lowest BCUT2D eigenvalue weighted by Gasteiger charge is -2.26. The average Bonchev–Trinajstić information content (AvgIpc) is 2.71. The SMILES string of the molecule is N#CC1CCNCC12CC2. The number of nitrogens with zero attached hydrogens (tertiary/aromatic N) is 1. The third-order valence-corrected chi connectivity index (χ3v) is 2.87. The van der Waals surface area contributed by atoms with Crippen molar-refractivity contribution in [2.24, 2.45) is 11.3 Å². The molecule has 1 aliphatic carbocycles. The first kappa shape index (κ1) is 6.18. The lowest BCUT2D eigenvalue weighted by molar-refractivity contribution is 0.286. The summed E-state index contributed by atoms with van der Waals surface area (Å²) >= 11 is 0. The van der Waals surface area contributed by atoms with Crippen LogP contribution in [0.5, 0.6) is 0 Å². The van der Waals surface area contributed by atoms with Crippen LogP contribution in [0.3, 0.4) is 0 Å². The van der Waals surface area contributed by atoms with Crippen LogP contribution in [-0.2, 0) is 0 Å². The molecule has 0 aromatic heterocycles. The molecule has 10 heavy (non-hydrogen) atoms. The second kappa shape index (κ2) is 1.96. The molecule has 1 spiro atoms. The van der Waals surface area contributed by atoms with E-state index < -0.39 is 0 Å². The van der Waals surface area contributed by atoms with Crippen LogP contribution in [0, 0.1) is 22.7 Å². The molecule has 1 atom stereocenters. The molecule has 0 aromatic carbocycles. The Labute approximate surface area is 61.2 Å². The van der Waals surface area contributed by atoms with E-state index in [9.17, 15) is 0 Å². The van der Waals surface area contributed by atoms with E-state index in [2.05, 4.69) is 11.4 Å². The highest BCUT2D eigenvalue weighted by Gasteiger charge is 2.50. The van der Waals surface area contributed by atoms with Gasteiger partial charge in [-0.3, -0.25) is 0 Å². The zero-order valence-corrected chi connectivity index (χ0v) is 6.06. The van der Waals surface area contributed by atoms with Crippen molar-refractivity contribution in [1.29, 1.82) is 5.26 Å². The van der Waals surface area contributed by atoms with E-state index in [4.69, 9.17) is 5.26 Å². The van der Waals surface area contributed by atoms with Gasteiger partial charge in [-0.2, -0.15) is 5.26 Å². The van der Waals surface area contributed by atoms with Gasteiger partial charge in [-0.15, -0.1) is 0 Å². The molecule has 2 heteroatoms. The van der Waals surface area contributed by atoms with Gasteiger partial charge in [0, 0.05) is 6.54 Å². The summed E-state index contributed by atoms with van der Waals surface area (Å²) in [5.74, 6) is 0.355. The van der Waals surface area contributed by atoms with E-state index >= 15 is 0 Å². The molecular formula is C8H12N2. The van der Waals surface area contributed by atoms with Gasteiger partial charge in [0.15, 0.2) is 0 Å². The number of piperidine rings is 1. The fraction of sp³-hybridized carbons (Fsp3) is 0.875. The van der Waals surface area contributed by atoms with E-state index in [0.29, 0.717) is 11.3 Å². The quantitative estimate of drug-likeness (QED) is 0.537. The largest absolute Gasteiger partial charge is 0.316 e. The normalized spacial score (nSPS) is 35.3. The highest BCUT2D eigenvalue weighted by atomic mass is 14.9. The van der Waals surface area contributed by atoms with Crippen molar-refractivity contribution in [3.8, 4) is 6.07 Å². The van der Waals surface area contributed by atoms with Gasteiger partial charge in [0.05, 0.1) is 12.0 Å². The summed E-state index contributed by atoms with van der Waals surface area (Å²) in [6.45, 7) is 2.13. The monoisotopic (exact) mass is 136 g/mol. The predicted molar refractivity (Wildman–Crippen MR) is 38.3 cm³/mol. The van der Waals surface area contributed by atoms with E-state index in [-0.39, 0.29) is 0 Å². The number of hydrogen-bond acceptors (Lipinski definition) is 2. The molecule has 2 fully saturated rings. The molecule has 0 radical (unpaired) electrons. The van der Waals surface area contributed by atoms with E-state index in [1.165, 1.54) is 12.8 Å². The third-order valence-electron chi connectivity index (χ3n) is 2.87. The first-order valence-electron chi connectivity index (χ1n) is 3.98. The fourth-order valence-corrected chi connectivity index (χ4v) is 1.90. The molecule has 2 aliphatic rings. The molecule has 0 aromatic rings. The van der Waals surface area contributed by atoms with E-state index in [1.54, 1.807) is 0 Å². The molecule has 1 heterocycles. The summed E-state index contributed by atoms with van der Waals surface area (Å²) in [5, 5.41) is 12.1. The molecule has 54 valence electrons. The van der Waals surface area contributed by atoms with E-state index in [1.807, 2.05) is 0 Å². The van der Waals surface area contributed by atoms with Crippen LogP contribution in [0.2, 0.25) is 0 Å². The van der Waals surface area contributed by atoms with Gasteiger partial charge in [0.2, 0.25) is 0 Å². The van der Waals surface area contributed by atoms with Crippen LogP contribution in [0.4, 0.5) is 0 Å². The maximum atomic E-state index is 8.79. The molecule has 1 saturated carbocycles. The van der Waals surface area contributed by atoms with Crippen LogP contribution in [-0.4, -0.2) is 13.1 Å². The molecule has 1 unspecified atom stereocenters. The summed E-state index contributed by atoms with van der Waals surface area (Å²) < 4.78 is 0. The van der Waals surface area contributed by atoms with Gasteiger partial charge in [0.1, 0.15) is 0 Å². The Hall–Kier alpha value is -0.550. The Morgan fingerprint density at radius 1 is 1.50 bits per heavy atom. The zero-order chi connectivity index (χ0) is 7.03. The first-order chi connectivity index (χ1) is 4.87. The summed E-state index contributed by atoms with van der Waals surface area (Å²) in [6.07, 6.45) is 3.62. The van der Waals surface area contributed by atoms with Gasteiger partial charge in [-0.05, 0) is 31.2 Å². The van der Waals surface area contributed by atoms with Gasteiger partial charge in [0.25, 0.3) is 0 Å². The fourth-order valence-electron chi connectivity index (χ4n) is 1.90. The molecule has 2 rings (SSSR count). The maximum Gasteiger partial charge on any atom is 0.0662 e. The van der Waals surface area contributed by atoms with Crippen LogP contribution >= 0.6 is 0 Å². The highest BCUT2D eigenvalue weighted by molar-refractivity contribution is 5.09. The number of rotatable bonds is 0. The minimum Gasteiger partial charge on any atom is -0.316 e. The molecule has 1 N–H and O–H groups in total. The van der Waals surface area contributed by atoms with Crippen LogP contribution in [0.1, 0.15) is 19.3 Å². The second-order valence-electron chi connectivity index (χ2n) is 3.51. The summed E-state index contributed by atoms with van der Waals surface area (Å²) in [4.78, 5) is 0. The molecule has 0 bridgehead atoms. The van der Waals surface area contributed by atoms with Crippen molar-refractivity contribution in [1.82, 2.24) is 5.32 Å². The summed E-state index contributed by atoms with van der Waals surface area (Å²) in [6, 6.07) is 2.42. The maximum absolute atomic E-state index is 8.79. The van der Waals surface area contributed by atoms with E-state index in [0.717, 1.165) is 19.5 Å². The van der Waals surface area contributed by atoms with Gasteiger partial charge < -0.3 is 5.32 Å². The zero-order valence-electron chi connectivity index (χ0n) is 6.06. The van der Waals surface area contributed by atoms with Gasteiger partial charge in [-0.25, -0.2) is 0 Å². The van der Waals surface area contributed by atoms with Crippen molar-refractivity contribution in [3.05, 3.63) is 0 Å². The van der Waals surface area contributed by atoms with Crippen molar-refractivity contribution < 1.29 is 0 Å². The Morgan fingerprint density at radius 3 is 2.80 bits per heavy atom. The van der Waals surface area contributed by atoms with Crippen LogP contribution in [0.25, 0.3) is 0 Å². The number of nitriles is 1. The third kappa shape index (κ3) is 0.741. The van der Waals surface area contributed by atoms with Gasteiger partial charge in [-0.1, -0.05) is 0 Å². The van der Waals surface area contributed by atoms with Crippen molar-refractivity contribution in [2.75, 3.05) is 13.1 Å². The summed E-state index contributed by atoms with van der Waals surface area (Å²) in [5.41, 5.74) is 0.424. The van der Waals surface area contributed by atoms with Crippen molar-refractivity contribution in [3.63, 3.8) is 0 Å². The Balaban J connectivity index is 2.09. The molecule has 0 amide bonds. The minimum atomic E-state index is 0.355. The minimum absolute atomic E-state index is 0.355. The predicted octanol–water partition coefficient (Wildman–Crippen LogP) is 0.900. The number of hydrogen-bond donors (Lipinski definition) is 1. The van der Waals surface area contributed by atoms with Crippen LogP contribution in [0.15, 0.2) is 0 Å². The smallest absolute Gasteiger partial charge is 0.0662 e. The lowest BCUT2D eigenvalue weighted by atomic mass is 9.85. The van der Waals surface area contributed by atoms with Gasteiger partial charge >= 0.3 is 0 Å². The van der Waals surface area contributed by atoms with Crippen molar-refractivity contribution in [2.45, 2.75) is 19.3 Å². The Bertz CT molecular complexity index is 176. The summed E-state index contributed by atoms with van der Waals surface area (Å²) in [7, 11) is 0. The Morgan fingerprint density at radius 2 is 2.30 bits per heavy atom. The standard InChI is InChI=1S/C8H12N2/c9-5-7-1-4-10-6-8(7)2-3-8/h7,10H,1-4,6H2.